The van der Waals surface area contributed by atoms with Crippen molar-refractivity contribution in [2.75, 3.05) is 0 Å². The minimum Gasteiger partial charge on any atom is -0.312 e. The molecule has 8 aromatic carbocycles. The Balaban J connectivity index is 1.33. The maximum Gasteiger partial charge on any atom is 0.0615 e. The Morgan fingerprint density at radius 3 is 1.76 bits per heavy atom. The second-order valence-electron chi connectivity index (χ2n) is 12.2. The van der Waals surface area contributed by atoms with Crippen molar-refractivity contribution in [3.63, 3.8) is 0 Å². The van der Waals surface area contributed by atoms with Crippen LogP contribution < -0.4 is 0 Å². The SMILES string of the molecule is Cc1c(C)n(-c2c3ccccc3c(-c3ccccc3)c3ccccc23)c2cc3ccc(-c4cccc5ccccc45)cc3cc12. The first kappa shape index (κ1) is 25.8. The number of aromatic nitrogens is 1. The van der Waals surface area contributed by atoms with Crippen LogP contribution in [-0.4, -0.2) is 4.57 Å². The van der Waals surface area contributed by atoms with Crippen LogP contribution in [0.4, 0.5) is 0 Å². The number of rotatable bonds is 3. The highest BCUT2D eigenvalue weighted by molar-refractivity contribution is 6.19. The Kier molecular flexibility index (Phi) is 5.70. The number of hydrogen-bond acceptors (Lipinski definition) is 0. The van der Waals surface area contributed by atoms with Gasteiger partial charge in [-0.2, -0.15) is 0 Å². The molecule has 0 N–H and O–H groups in total. The van der Waals surface area contributed by atoms with Gasteiger partial charge in [-0.05, 0) is 92.2 Å². The number of benzene rings is 8. The van der Waals surface area contributed by atoms with Crippen LogP contribution >= 0.6 is 0 Å². The van der Waals surface area contributed by atoms with Gasteiger partial charge in [0.25, 0.3) is 0 Å². The van der Waals surface area contributed by atoms with Gasteiger partial charge in [-0.3, -0.25) is 0 Å². The quantitative estimate of drug-likeness (QED) is 0.185. The molecule has 1 heteroatoms. The topological polar surface area (TPSA) is 4.93 Å². The third-order valence-electron chi connectivity index (χ3n) is 9.77. The van der Waals surface area contributed by atoms with Gasteiger partial charge in [0.1, 0.15) is 0 Å². The molecule has 0 spiro atoms. The Labute approximate surface area is 262 Å². The molecular formula is C44H31N. The first-order chi connectivity index (χ1) is 22.2. The highest BCUT2D eigenvalue weighted by Crippen LogP contribution is 2.44. The standard InChI is InChI=1S/C44H31N/c1-28-29(2)45(44-39-20-10-8-18-37(39)43(31-14-4-3-5-15-31)38-19-9-11-21-40(38)44)42-27-32-23-24-33(25-34(32)26-41(28)42)36-22-12-16-30-13-6-7-17-35(30)36/h3-27H,1-2H3. The molecule has 0 aliphatic carbocycles. The Morgan fingerprint density at radius 1 is 0.400 bits per heavy atom. The molecule has 0 aliphatic rings. The van der Waals surface area contributed by atoms with E-state index in [4.69, 9.17) is 0 Å². The van der Waals surface area contributed by atoms with E-state index in [1.54, 1.807) is 0 Å². The zero-order valence-electron chi connectivity index (χ0n) is 25.4. The number of fused-ring (bicyclic) bond motifs is 5. The molecule has 1 heterocycles. The average Bonchev–Trinajstić information content (AvgIpc) is 3.33. The molecule has 0 atom stereocenters. The largest absolute Gasteiger partial charge is 0.312 e. The van der Waals surface area contributed by atoms with Gasteiger partial charge in [0.2, 0.25) is 0 Å². The lowest BCUT2D eigenvalue weighted by Crippen LogP contribution is -2.01. The van der Waals surface area contributed by atoms with Crippen molar-refractivity contribution in [2.45, 2.75) is 13.8 Å². The molecule has 0 saturated heterocycles. The molecular weight excluding hydrogens is 542 g/mol. The molecule has 45 heavy (non-hydrogen) atoms. The summed E-state index contributed by atoms with van der Waals surface area (Å²) in [6.07, 6.45) is 0. The van der Waals surface area contributed by atoms with E-state index < -0.39 is 0 Å². The van der Waals surface area contributed by atoms with Crippen molar-refractivity contribution in [2.24, 2.45) is 0 Å². The monoisotopic (exact) mass is 573 g/mol. The van der Waals surface area contributed by atoms with Gasteiger partial charge in [-0.15, -0.1) is 0 Å². The smallest absolute Gasteiger partial charge is 0.0615 e. The minimum absolute atomic E-state index is 1.25. The fourth-order valence-corrected chi connectivity index (χ4v) is 7.51. The molecule has 9 rings (SSSR count). The second-order valence-corrected chi connectivity index (χ2v) is 12.2. The normalized spacial score (nSPS) is 11.8. The van der Waals surface area contributed by atoms with Crippen LogP contribution in [0, 0.1) is 13.8 Å². The molecule has 0 saturated carbocycles. The molecule has 0 unspecified atom stereocenters. The summed E-state index contributed by atoms with van der Waals surface area (Å²) in [4.78, 5) is 0. The number of aryl methyl sites for hydroxylation is 1. The van der Waals surface area contributed by atoms with E-state index >= 15 is 0 Å². The number of hydrogen-bond donors (Lipinski definition) is 0. The molecule has 0 fully saturated rings. The predicted molar refractivity (Wildman–Crippen MR) is 194 cm³/mol. The Morgan fingerprint density at radius 2 is 1.02 bits per heavy atom. The summed E-state index contributed by atoms with van der Waals surface area (Å²) in [5.41, 5.74) is 10.2. The summed E-state index contributed by atoms with van der Waals surface area (Å²) in [6, 6.07) is 55.6. The van der Waals surface area contributed by atoms with E-state index in [0.29, 0.717) is 0 Å². The highest BCUT2D eigenvalue weighted by Gasteiger charge is 2.21. The van der Waals surface area contributed by atoms with E-state index in [2.05, 4.69) is 170 Å². The van der Waals surface area contributed by atoms with Crippen LogP contribution in [0.25, 0.3) is 81.9 Å². The molecule has 0 bridgehead atoms. The van der Waals surface area contributed by atoms with E-state index in [0.717, 1.165) is 0 Å². The van der Waals surface area contributed by atoms with Gasteiger partial charge in [0.05, 0.1) is 11.2 Å². The highest BCUT2D eigenvalue weighted by atomic mass is 15.0. The molecule has 0 radical (unpaired) electrons. The Bertz CT molecular complexity index is 2540. The summed E-state index contributed by atoms with van der Waals surface area (Å²) in [5.74, 6) is 0. The van der Waals surface area contributed by atoms with E-state index in [-0.39, 0.29) is 0 Å². The van der Waals surface area contributed by atoms with Crippen molar-refractivity contribution in [1.82, 2.24) is 4.57 Å². The zero-order chi connectivity index (χ0) is 30.1. The summed E-state index contributed by atoms with van der Waals surface area (Å²) >= 11 is 0. The predicted octanol–water partition coefficient (Wildman–Crippen LogP) is 12.2. The third-order valence-corrected chi connectivity index (χ3v) is 9.77. The molecule has 9 aromatic rings. The van der Waals surface area contributed by atoms with Crippen molar-refractivity contribution in [1.29, 1.82) is 0 Å². The number of nitrogens with zero attached hydrogens (tertiary/aromatic N) is 1. The van der Waals surface area contributed by atoms with Gasteiger partial charge in [-0.25, -0.2) is 0 Å². The van der Waals surface area contributed by atoms with E-state index in [1.165, 1.54) is 93.2 Å². The van der Waals surface area contributed by atoms with E-state index in [9.17, 15) is 0 Å². The summed E-state index contributed by atoms with van der Waals surface area (Å²) in [5, 5.41) is 11.5. The Hall–Kier alpha value is -5.66. The summed E-state index contributed by atoms with van der Waals surface area (Å²) in [6.45, 7) is 4.55. The van der Waals surface area contributed by atoms with Crippen molar-refractivity contribution in [3.8, 4) is 27.9 Å². The van der Waals surface area contributed by atoms with Crippen molar-refractivity contribution < 1.29 is 0 Å². The molecule has 0 aliphatic heterocycles. The maximum atomic E-state index is 2.52. The minimum atomic E-state index is 1.25. The van der Waals surface area contributed by atoms with Crippen LogP contribution in [-0.2, 0) is 0 Å². The summed E-state index contributed by atoms with van der Waals surface area (Å²) in [7, 11) is 0. The van der Waals surface area contributed by atoms with Crippen LogP contribution in [0.1, 0.15) is 11.3 Å². The zero-order valence-corrected chi connectivity index (χ0v) is 25.4. The average molecular weight is 574 g/mol. The third kappa shape index (κ3) is 3.87. The summed E-state index contributed by atoms with van der Waals surface area (Å²) < 4.78 is 2.52. The lowest BCUT2D eigenvalue weighted by Gasteiger charge is -2.20. The lowest BCUT2D eigenvalue weighted by atomic mass is 9.90. The fourth-order valence-electron chi connectivity index (χ4n) is 7.51. The van der Waals surface area contributed by atoms with Crippen LogP contribution in [0.15, 0.2) is 152 Å². The van der Waals surface area contributed by atoms with Gasteiger partial charge >= 0.3 is 0 Å². The van der Waals surface area contributed by atoms with Crippen molar-refractivity contribution in [3.05, 3.63) is 163 Å². The molecule has 212 valence electrons. The molecule has 0 amide bonds. The van der Waals surface area contributed by atoms with E-state index in [1.807, 2.05) is 0 Å². The molecule has 1 nitrogen and oxygen atoms in total. The second kappa shape index (κ2) is 9.94. The molecule has 1 aromatic heterocycles. The first-order valence-corrected chi connectivity index (χ1v) is 15.7. The van der Waals surface area contributed by atoms with Gasteiger partial charge in [0, 0.05) is 21.9 Å². The fraction of sp³-hybridized carbons (Fsp3) is 0.0455. The van der Waals surface area contributed by atoms with Gasteiger partial charge in [-0.1, -0.05) is 133 Å². The lowest BCUT2D eigenvalue weighted by molar-refractivity contribution is 1.06. The van der Waals surface area contributed by atoms with Crippen LogP contribution in [0.5, 0.6) is 0 Å². The van der Waals surface area contributed by atoms with Crippen molar-refractivity contribution >= 4 is 54.0 Å². The van der Waals surface area contributed by atoms with Gasteiger partial charge in [0.15, 0.2) is 0 Å². The first-order valence-electron chi connectivity index (χ1n) is 15.7. The van der Waals surface area contributed by atoms with Gasteiger partial charge < -0.3 is 4.57 Å². The van der Waals surface area contributed by atoms with Crippen LogP contribution in [0.2, 0.25) is 0 Å². The van der Waals surface area contributed by atoms with Crippen LogP contribution in [0.3, 0.4) is 0 Å². The maximum absolute atomic E-state index is 2.52.